The minimum atomic E-state index is 0. The molecule has 7 nitrogen and oxygen atoms in total. The fourth-order valence-corrected chi connectivity index (χ4v) is 3.45. The Kier molecular flexibility index (Phi) is 11.5. The number of benzene rings is 1. The molecule has 1 aromatic rings. The van der Waals surface area contributed by atoms with Crippen molar-refractivity contribution < 1.29 is 14.2 Å². The molecule has 1 aliphatic rings. The molecule has 0 atom stereocenters. The van der Waals surface area contributed by atoms with Gasteiger partial charge in [-0.1, -0.05) is 0 Å². The maximum Gasteiger partial charge on any atom is 0.191 e. The number of hydrogen-bond acceptors (Lipinski definition) is 5. The predicted octanol–water partition coefficient (Wildman–Crippen LogP) is 3.26. The van der Waals surface area contributed by atoms with Crippen molar-refractivity contribution in [2.75, 3.05) is 41.0 Å². The van der Waals surface area contributed by atoms with E-state index in [1.54, 1.807) is 21.3 Å². The minimum Gasteiger partial charge on any atom is -0.496 e. The summed E-state index contributed by atoms with van der Waals surface area (Å²) in [6, 6.07) is 4.82. The summed E-state index contributed by atoms with van der Waals surface area (Å²) in [5, 5.41) is 6.94. The predicted molar refractivity (Wildman–Crippen MR) is 129 cm³/mol. The number of rotatable bonds is 8. The Balaban J connectivity index is 0.00000420. The molecule has 0 aromatic heterocycles. The first-order valence-corrected chi connectivity index (χ1v) is 10.1. The molecule has 166 valence electrons. The maximum absolute atomic E-state index is 5.51. The summed E-state index contributed by atoms with van der Waals surface area (Å²) < 4.78 is 16.3. The first-order valence-electron chi connectivity index (χ1n) is 10.1. The number of guanidine groups is 1. The largest absolute Gasteiger partial charge is 0.496 e. The van der Waals surface area contributed by atoms with Crippen LogP contribution in [0.5, 0.6) is 17.2 Å². The maximum atomic E-state index is 5.51. The van der Waals surface area contributed by atoms with E-state index in [9.17, 15) is 0 Å². The lowest BCUT2D eigenvalue weighted by Gasteiger charge is -2.35. The average Bonchev–Trinajstić information content (AvgIpc) is 2.71. The molecule has 1 fully saturated rings. The summed E-state index contributed by atoms with van der Waals surface area (Å²) in [4.78, 5) is 7.30. The van der Waals surface area contributed by atoms with Gasteiger partial charge in [0.2, 0.25) is 0 Å². The third-order valence-electron chi connectivity index (χ3n) is 5.14. The van der Waals surface area contributed by atoms with E-state index in [1.807, 2.05) is 12.1 Å². The topological polar surface area (TPSA) is 67.4 Å². The molecule has 0 radical (unpaired) electrons. The van der Waals surface area contributed by atoms with Crippen LogP contribution in [-0.2, 0) is 6.54 Å². The lowest BCUT2D eigenvalue weighted by molar-refractivity contribution is 0.167. The number of ether oxygens (including phenoxy) is 3. The normalized spacial score (nSPS) is 15.6. The molecule has 2 N–H and O–H groups in total. The van der Waals surface area contributed by atoms with Crippen molar-refractivity contribution in [1.29, 1.82) is 0 Å². The van der Waals surface area contributed by atoms with Crippen LogP contribution in [0.15, 0.2) is 17.1 Å². The molecular formula is C21H37IN4O3. The number of hydrogen-bond donors (Lipinski definition) is 2. The zero-order valence-corrected chi connectivity index (χ0v) is 20.9. The highest BCUT2D eigenvalue weighted by Crippen LogP contribution is 2.34. The van der Waals surface area contributed by atoms with E-state index in [-0.39, 0.29) is 24.0 Å². The highest BCUT2D eigenvalue weighted by molar-refractivity contribution is 14.0. The summed E-state index contributed by atoms with van der Waals surface area (Å²) in [6.45, 7) is 10.2. The number of halogens is 1. The monoisotopic (exact) mass is 520 g/mol. The standard InChI is InChI=1S/C21H36N4O3.HI/c1-7-22-21(24-17-8-10-25(11-9-17)15(2)3)23-14-16-12-19(27-5)20(28-6)13-18(16)26-4;/h12-13,15,17H,7-11,14H2,1-6H3,(H2,22,23,24);1H. The van der Waals surface area contributed by atoms with Gasteiger partial charge in [0.15, 0.2) is 17.5 Å². The van der Waals surface area contributed by atoms with Crippen molar-refractivity contribution in [3.63, 3.8) is 0 Å². The summed E-state index contributed by atoms with van der Waals surface area (Å²) in [6.07, 6.45) is 2.25. The van der Waals surface area contributed by atoms with E-state index in [4.69, 9.17) is 19.2 Å². The summed E-state index contributed by atoms with van der Waals surface area (Å²) in [5.74, 6) is 2.89. The van der Waals surface area contributed by atoms with E-state index in [1.165, 1.54) is 0 Å². The third kappa shape index (κ3) is 7.40. The lowest BCUT2D eigenvalue weighted by Crippen LogP contribution is -2.49. The second kappa shape index (κ2) is 13.0. The third-order valence-corrected chi connectivity index (χ3v) is 5.14. The lowest BCUT2D eigenvalue weighted by atomic mass is 10.0. The van der Waals surface area contributed by atoms with Crippen molar-refractivity contribution in [3.8, 4) is 17.2 Å². The number of likely N-dealkylation sites (tertiary alicyclic amines) is 1. The summed E-state index contributed by atoms with van der Waals surface area (Å²) in [5.41, 5.74) is 0.951. The molecule has 8 heteroatoms. The average molecular weight is 520 g/mol. The van der Waals surface area contributed by atoms with Crippen molar-refractivity contribution >= 4 is 29.9 Å². The smallest absolute Gasteiger partial charge is 0.191 e. The molecular weight excluding hydrogens is 483 g/mol. The van der Waals surface area contributed by atoms with E-state index < -0.39 is 0 Å². The Labute approximate surface area is 192 Å². The van der Waals surface area contributed by atoms with Gasteiger partial charge in [-0.15, -0.1) is 24.0 Å². The van der Waals surface area contributed by atoms with Crippen LogP contribution in [0.3, 0.4) is 0 Å². The molecule has 0 unspecified atom stereocenters. The number of nitrogens with one attached hydrogen (secondary N) is 2. The molecule has 1 aliphatic heterocycles. The highest BCUT2D eigenvalue weighted by Gasteiger charge is 2.21. The van der Waals surface area contributed by atoms with Gasteiger partial charge in [0.1, 0.15) is 5.75 Å². The molecule has 1 aromatic carbocycles. The van der Waals surface area contributed by atoms with Crippen LogP contribution in [0, 0.1) is 0 Å². The molecule has 1 saturated heterocycles. The van der Waals surface area contributed by atoms with Crippen LogP contribution in [0.1, 0.15) is 39.2 Å². The van der Waals surface area contributed by atoms with Crippen molar-refractivity contribution in [3.05, 3.63) is 17.7 Å². The molecule has 0 saturated carbocycles. The number of piperidine rings is 1. The van der Waals surface area contributed by atoms with Crippen LogP contribution in [0.25, 0.3) is 0 Å². The first-order chi connectivity index (χ1) is 13.5. The quantitative estimate of drug-likeness (QED) is 0.312. The minimum absolute atomic E-state index is 0. The van der Waals surface area contributed by atoms with Crippen LogP contribution in [0.2, 0.25) is 0 Å². The van der Waals surface area contributed by atoms with E-state index >= 15 is 0 Å². The first kappa shape index (κ1) is 25.6. The van der Waals surface area contributed by atoms with Gasteiger partial charge >= 0.3 is 0 Å². The molecule has 29 heavy (non-hydrogen) atoms. The number of nitrogens with zero attached hydrogens (tertiary/aromatic N) is 2. The van der Waals surface area contributed by atoms with E-state index in [2.05, 4.69) is 36.3 Å². The molecule has 0 aliphatic carbocycles. The van der Waals surface area contributed by atoms with Gasteiger partial charge in [0.25, 0.3) is 0 Å². The van der Waals surface area contributed by atoms with Crippen molar-refractivity contribution in [2.45, 2.75) is 52.2 Å². The number of methoxy groups -OCH3 is 3. The molecule has 2 rings (SSSR count). The zero-order chi connectivity index (χ0) is 20.5. The van der Waals surface area contributed by atoms with Gasteiger partial charge in [-0.2, -0.15) is 0 Å². The summed E-state index contributed by atoms with van der Waals surface area (Å²) in [7, 11) is 4.90. The Morgan fingerprint density at radius 2 is 1.66 bits per heavy atom. The summed E-state index contributed by atoms with van der Waals surface area (Å²) >= 11 is 0. The van der Waals surface area contributed by atoms with Gasteiger partial charge in [0.05, 0.1) is 27.9 Å². The van der Waals surface area contributed by atoms with Gasteiger partial charge in [-0.05, 0) is 39.7 Å². The number of aliphatic imine (C=N–C) groups is 1. The Hall–Kier alpha value is -1.42. The molecule has 0 amide bonds. The van der Waals surface area contributed by atoms with E-state index in [0.29, 0.717) is 30.1 Å². The van der Waals surface area contributed by atoms with Crippen LogP contribution in [0.4, 0.5) is 0 Å². The second-order valence-electron chi connectivity index (χ2n) is 7.26. The van der Waals surface area contributed by atoms with Crippen LogP contribution < -0.4 is 24.8 Å². The Morgan fingerprint density at radius 1 is 1.07 bits per heavy atom. The zero-order valence-electron chi connectivity index (χ0n) is 18.6. The fourth-order valence-electron chi connectivity index (χ4n) is 3.45. The Morgan fingerprint density at radius 3 is 2.17 bits per heavy atom. The molecule has 0 spiro atoms. The molecule has 0 bridgehead atoms. The van der Waals surface area contributed by atoms with Gasteiger partial charge < -0.3 is 29.7 Å². The second-order valence-corrected chi connectivity index (χ2v) is 7.26. The molecule has 1 heterocycles. The Bertz CT molecular complexity index is 647. The SMILES string of the molecule is CCNC(=NCc1cc(OC)c(OC)cc1OC)NC1CCN(C(C)C)CC1.I. The van der Waals surface area contributed by atoms with E-state index in [0.717, 1.165) is 49.7 Å². The van der Waals surface area contributed by atoms with Gasteiger partial charge in [0, 0.05) is 43.3 Å². The van der Waals surface area contributed by atoms with Gasteiger partial charge in [-0.25, -0.2) is 4.99 Å². The fraction of sp³-hybridized carbons (Fsp3) is 0.667. The van der Waals surface area contributed by atoms with Crippen molar-refractivity contribution in [1.82, 2.24) is 15.5 Å². The van der Waals surface area contributed by atoms with Crippen LogP contribution >= 0.6 is 24.0 Å². The van der Waals surface area contributed by atoms with Crippen molar-refractivity contribution in [2.24, 2.45) is 4.99 Å². The highest BCUT2D eigenvalue weighted by atomic mass is 127. The van der Waals surface area contributed by atoms with Crippen LogP contribution in [-0.4, -0.2) is 63.9 Å². The van der Waals surface area contributed by atoms with Gasteiger partial charge in [-0.3, -0.25) is 0 Å².